The van der Waals surface area contributed by atoms with Crippen LogP contribution in [-0.4, -0.2) is 49.2 Å². The van der Waals surface area contributed by atoms with Crippen LogP contribution in [0.15, 0.2) is 41.3 Å². The molecule has 0 saturated heterocycles. The summed E-state index contributed by atoms with van der Waals surface area (Å²) in [5.74, 6) is -2.29. The molecule has 0 unspecified atom stereocenters. The Kier molecular flexibility index (Phi) is 7.43. The van der Waals surface area contributed by atoms with Gasteiger partial charge in [-0.1, -0.05) is 46.7 Å². The maximum atomic E-state index is 14.4. The fraction of sp³-hybridized carbons (Fsp3) is 0.227. The van der Waals surface area contributed by atoms with Crippen LogP contribution < -0.4 is 10.2 Å². The number of hydrogen-bond acceptors (Lipinski definition) is 7. The van der Waals surface area contributed by atoms with Gasteiger partial charge in [0.2, 0.25) is 5.91 Å². The van der Waals surface area contributed by atoms with E-state index in [0.717, 1.165) is 17.4 Å². The Hall–Kier alpha value is -2.57. The lowest BCUT2D eigenvalue weighted by molar-refractivity contribution is -0.115. The number of carbonyl (C=O) groups excluding carboxylic acids is 2. The topological polar surface area (TPSA) is 117 Å². The van der Waals surface area contributed by atoms with Gasteiger partial charge < -0.3 is 15.3 Å². The van der Waals surface area contributed by atoms with Crippen molar-refractivity contribution in [2.75, 3.05) is 29.1 Å². The third-order valence-corrected chi connectivity index (χ3v) is 8.77. The summed E-state index contributed by atoms with van der Waals surface area (Å²) in [5, 5.41) is 12.2. The molecule has 1 aliphatic rings. The molecule has 2 N–H and O–H groups in total. The highest BCUT2D eigenvalue weighted by Crippen LogP contribution is 2.37. The number of halogens is 3. The first-order valence-corrected chi connectivity index (χ1v) is 13.5. The SMILES string of the molecule is O=C(Cc1ccc(S(=O)(=O)CCO)cc1F)Nc1nc2c(s1)C(=O)N(c1cccc(Cl)c1Cl)CC2. The molecule has 2 heterocycles. The molecule has 2 amide bonds. The molecule has 1 aliphatic heterocycles. The van der Waals surface area contributed by atoms with Gasteiger partial charge in [-0.3, -0.25) is 9.59 Å². The van der Waals surface area contributed by atoms with E-state index in [0.29, 0.717) is 34.2 Å². The Morgan fingerprint density at radius 3 is 2.74 bits per heavy atom. The zero-order valence-electron chi connectivity index (χ0n) is 17.9. The summed E-state index contributed by atoms with van der Waals surface area (Å²) < 4.78 is 38.4. The summed E-state index contributed by atoms with van der Waals surface area (Å²) in [5.41, 5.74) is 1.01. The predicted molar refractivity (Wildman–Crippen MR) is 132 cm³/mol. The van der Waals surface area contributed by atoms with E-state index < -0.39 is 33.9 Å². The fourth-order valence-electron chi connectivity index (χ4n) is 3.55. The lowest BCUT2D eigenvalue weighted by Gasteiger charge is -2.27. The molecular formula is C22H18Cl2FN3O5S2. The molecule has 0 saturated carbocycles. The van der Waals surface area contributed by atoms with E-state index in [1.54, 1.807) is 18.2 Å². The molecule has 184 valence electrons. The van der Waals surface area contributed by atoms with Gasteiger partial charge in [-0.25, -0.2) is 17.8 Å². The molecule has 3 aromatic rings. The minimum absolute atomic E-state index is 0.00961. The number of sulfone groups is 1. The number of aliphatic hydroxyl groups is 1. The first-order valence-electron chi connectivity index (χ1n) is 10.3. The van der Waals surface area contributed by atoms with Crippen molar-refractivity contribution in [3.8, 4) is 0 Å². The van der Waals surface area contributed by atoms with Crippen LogP contribution in [0.5, 0.6) is 0 Å². The van der Waals surface area contributed by atoms with E-state index in [9.17, 15) is 22.4 Å². The molecule has 1 aromatic heterocycles. The van der Waals surface area contributed by atoms with Gasteiger partial charge in [0.25, 0.3) is 5.91 Å². The van der Waals surface area contributed by atoms with Crippen LogP contribution in [0.2, 0.25) is 10.0 Å². The Morgan fingerprint density at radius 1 is 1.26 bits per heavy atom. The van der Waals surface area contributed by atoms with Gasteiger partial charge in [0, 0.05) is 13.0 Å². The average Bonchev–Trinajstić information content (AvgIpc) is 3.21. The van der Waals surface area contributed by atoms with Gasteiger partial charge in [-0.15, -0.1) is 0 Å². The van der Waals surface area contributed by atoms with Gasteiger partial charge in [0.05, 0.1) is 45.1 Å². The van der Waals surface area contributed by atoms with Crippen LogP contribution in [0.25, 0.3) is 0 Å². The molecule has 8 nitrogen and oxygen atoms in total. The molecular weight excluding hydrogens is 540 g/mol. The number of benzene rings is 2. The van der Waals surface area contributed by atoms with Crippen molar-refractivity contribution < 1.29 is 27.5 Å². The van der Waals surface area contributed by atoms with Crippen molar-refractivity contribution in [2.24, 2.45) is 0 Å². The summed E-state index contributed by atoms with van der Waals surface area (Å²) >= 11 is 13.3. The van der Waals surface area contributed by atoms with E-state index in [4.69, 9.17) is 28.3 Å². The minimum atomic E-state index is -3.81. The van der Waals surface area contributed by atoms with Gasteiger partial charge in [-0.2, -0.15) is 0 Å². The monoisotopic (exact) mass is 557 g/mol. The third kappa shape index (κ3) is 5.34. The van der Waals surface area contributed by atoms with Crippen molar-refractivity contribution >= 4 is 67.0 Å². The highest BCUT2D eigenvalue weighted by Gasteiger charge is 2.31. The maximum Gasteiger partial charge on any atom is 0.270 e. The van der Waals surface area contributed by atoms with Gasteiger partial charge in [0.1, 0.15) is 10.7 Å². The highest BCUT2D eigenvalue weighted by molar-refractivity contribution is 7.91. The number of rotatable bonds is 7. The number of hydrogen-bond donors (Lipinski definition) is 2. The quantitative estimate of drug-likeness (QED) is 0.457. The number of nitrogens with zero attached hydrogens (tertiary/aromatic N) is 2. The number of anilines is 2. The molecule has 0 aliphatic carbocycles. The molecule has 0 fully saturated rings. The standard InChI is InChI=1S/C22H18Cl2FN3O5S2/c23-14-2-1-3-17(19(14)24)28-7-6-16-20(21(28)31)34-22(26-16)27-18(30)10-12-4-5-13(11-15(12)25)35(32,33)9-8-29/h1-5,11,29H,6-10H2,(H,26,27,30). The zero-order chi connectivity index (χ0) is 25.3. The van der Waals surface area contributed by atoms with E-state index in [1.807, 2.05) is 0 Å². The van der Waals surface area contributed by atoms with Crippen molar-refractivity contribution in [2.45, 2.75) is 17.7 Å². The van der Waals surface area contributed by atoms with Gasteiger partial charge in [-0.05, 0) is 29.8 Å². The van der Waals surface area contributed by atoms with Gasteiger partial charge >= 0.3 is 0 Å². The molecule has 0 spiro atoms. The van der Waals surface area contributed by atoms with Gasteiger partial charge in [0.15, 0.2) is 15.0 Å². The summed E-state index contributed by atoms with van der Waals surface area (Å²) in [6.45, 7) is -0.252. The van der Waals surface area contributed by atoms with Crippen LogP contribution in [-0.2, 0) is 27.5 Å². The molecule has 0 bridgehead atoms. The number of thiazole rings is 1. The molecule has 13 heteroatoms. The molecule has 0 atom stereocenters. The van der Waals surface area contributed by atoms with Crippen LogP contribution in [0.1, 0.15) is 20.9 Å². The van der Waals surface area contributed by atoms with Crippen LogP contribution in [0.3, 0.4) is 0 Å². The maximum absolute atomic E-state index is 14.4. The Labute approximate surface area is 214 Å². The molecule has 0 radical (unpaired) electrons. The second kappa shape index (κ2) is 10.2. The number of fused-ring (bicyclic) bond motifs is 1. The molecule has 2 aromatic carbocycles. The zero-order valence-corrected chi connectivity index (χ0v) is 21.1. The first-order chi connectivity index (χ1) is 16.6. The number of aliphatic hydroxyl groups excluding tert-OH is 1. The lowest BCUT2D eigenvalue weighted by atomic mass is 10.1. The first kappa shape index (κ1) is 25.5. The average molecular weight is 558 g/mol. The van der Waals surface area contributed by atoms with E-state index in [-0.39, 0.29) is 32.9 Å². The second-order valence-electron chi connectivity index (χ2n) is 7.60. The Balaban J connectivity index is 1.47. The number of aromatic nitrogens is 1. The number of nitrogens with one attached hydrogen (secondary N) is 1. The number of carbonyl (C=O) groups is 2. The van der Waals surface area contributed by atoms with Crippen molar-refractivity contribution in [3.05, 3.63) is 68.4 Å². The molecule has 35 heavy (non-hydrogen) atoms. The Bertz CT molecular complexity index is 1430. The number of amides is 2. The summed E-state index contributed by atoms with van der Waals surface area (Å²) in [4.78, 5) is 31.4. The van der Waals surface area contributed by atoms with Crippen LogP contribution >= 0.6 is 34.5 Å². The van der Waals surface area contributed by atoms with Crippen molar-refractivity contribution in [1.82, 2.24) is 4.98 Å². The third-order valence-electron chi connectivity index (χ3n) is 5.27. The van der Waals surface area contributed by atoms with E-state index >= 15 is 0 Å². The predicted octanol–water partition coefficient (Wildman–Crippen LogP) is 3.74. The van der Waals surface area contributed by atoms with Crippen molar-refractivity contribution in [1.29, 1.82) is 0 Å². The van der Waals surface area contributed by atoms with Crippen LogP contribution in [0, 0.1) is 5.82 Å². The summed E-state index contributed by atoms with van der Waals surface area (Å²) in [6.07, 6.45) is 0.0727. The van der Waals surface area contributed by atoms with E-state index in [2.05, 4.69) is 10.3 Å². The van der Waals surface area contributed by atoms with E-state index in [1.165, 1.54) is 17.0 Å². The largest absolute Gasteiger partial charge is 0.395 e. The van der Waals surface area contributed by atoms with Crippen molar-refractivity contribution in [3.63, 3.8) is 0 Å². The lowest BCUT2D eigenvalue weighted by Crippen LogP contribution is -2.37. The Morgan fingerprint density at radius 2 is 2.03 bits per heavy atom. The summed E-state index contributed by atoms with van der Waals surface area (Å²) in [6, 6.07) is 8.23. The smallest absolute Gasteiger partial charge is 0.270 e. The highest BCUT2D eigenvalue weighted by atomic mass is 35.5. The van der Waals surface area contributed by atoms with Crippen LogP contribution in [0.4, 0.5) is 15.2 Å². The second-order valence-corrected chi connectivity index (χ2v) is 11.5. The normalized spacial score (nSPS) is 13.6. The fourth-order valence-corrected chi connectivity index (χ4v) is 5.96. The summed E-state index contributed by atoms with van der Waals surface area (Å²) in [7, 11) is -3.81. The minimum Gasteiger partial charge on any atom is -0.395 e. The molecule has 4 rings (SSSR count).